The molecule has 2 aromatic heterocycles. The predicted octanol–water partition coefficient (Wildman–Crippen LogP) is 3.05. The Bertz CT molecular complexity index is 576. The number of nitrogens with zero attached hydrogens (tertiary/aromatic N) is 1. The van der Waals surface area contributed by atoms with Crippen molar-refractivity contribution in [3.8, 4) is 0 Å². The van der Waals surface area contributed by atoms with Crippen molar-refractivity contribution < 1.29 is 9.53 Å². The minimum Gasteiger partial charge on any atom is -0.382 e. The third-order valence-electron chi connectivity index (χ3n) is 2.89. The zero-order chi connectivity index (χ0) is 13.8. The van der Waals surface area contributed by atoms with Gasteiger partial charge in [-0.1, -0.05) is 11.6 Å². The van der Waals surface area contributed by atoms with Crippen LogP contribution in [0.1, 0.15) is 23.8 Å². The summed E-state index contributed by atoms with van der Waals surface area (Å²) in [5.41, 5.74) is 1.66. The average Bonchev–Trinajstić information content (AvgIpc) is 2.88. The van der Waals surface area contributed by atoms with Gasteiger partial charge in [-0.25, -0.2) is 0 Å². The molecule has 0 fully saturated rings. The molecule has 0 bridgehead atoms. The molecule has 6 heteroatoms. The number of aromatic nitrogens is 1. The number of amides is 1. The van der Waals surface area contributed by atoms with Crippen molar-refractivity contribution >= 4 is 39.1 Å². The van der Waals surface area contributed by atoms with E-state index in [0.717, 1.165) is 21.0 Å². The lowest BCUT2D eigenvalue weighted by molar-refractivity contribution is 0.0936. The van der Waals surface area contributed by atoms with Crippen LogP contribution in [0.2, 0.25) is 4.34 Å². The van der Waals surface area contributed by atoms with Crippen molar-refractivity contribution in [1.82, 2.24) is 9.88 Å². The molecule has 0 aromatic carbocycles. The molecule has 2 heterocycles. The van der Waals surface area contributed by atoms with Crippen LogP contribution < -0.4 is 5.32 Å². The average molecular weight is 301 g/mol. The fourth-order valence-corrected chi connectivity index (χ4v) is 3.11. The maximum absolute atomic E-state index is 12.0. The van der Waals surface area contributed by atoms with E-state index in [1.165, 1.54) is 11.3 Å². The Balaban J connectivity index is 1.97. The summed E-state index contributed by atoms with van der Waals surface area (Å²) in [7, 11) is 1.88. The van der Waals surface area contributed by atoms with Crippen LogP contribution in [0.4, 0.5) is 0 Å². The van der Waals surface area contributed by atoms with Gasteiger partial charge in [0.25, 0.3) is 5.91 Å². The summed E-state index contributed by atoms with van der Waals surface area (Å²) in [5, 5.41) is 2.90. The third-order valence-corrected chi connectivity index (χ3v) is 4.09. The van der Waals surface area contributed by atoms with Gasteiger partial charge in [-0.05, 0) is 25.5 Å². The Hall–Kier alpha value is -1.04. The Morgan fingerprint density at radius 3 is 3.00 bits per heavy atom. The van der Waals surface area contributed by atoms with Crippen LogP contribution in [-0.4, -0.2) is 30.2 Å². The third kappa shape index (κ3) is 3.29. The second-order valence-electron chi connectivity index (χ2n) is 4.19. The van der Waals surface area contributed by atoms with Crippen LogP contribution in [0, 0.1) is 0 Å². The largest absolute Gasteiger partial charge is 0.382 e. The first kappa shape index (κ1) is 14.4. The smallest absolute Gasteiger partial charge is 0.267 e. The van der Waals surface area contributed by atoms with E-state index in [2.05, 4.69) is 5.32 Å². The van der Waals surface area contributed by atoms with E-state index in [4.69, 9.17) is 16.3 Å². The number of halogens is 1. The van der Waals surface area contributed by atoms with Crippen LogP contribution in [0.5, 0.6) is 0 Å². The molecule has 1 N–H and O–H groups in total. The lowest BCUT2D eigenvalue weighted by Crippen LogP contribution is -2.27. The minimum atomic E-state index is -0.0569. The molecule has 104 valence electrons. The molecule has 0 saturated heterocycles. The fraction of sp³-hybridized carbons (Fsp3) is 0.462. The Morgan fingerprint density at radius 1 is 1.53 bits per heavy atom. The number of ether oxygens (including phenoxy) is 1. The molecule has 0 unspecified atom stereocenters. The molecular formula is C13H17ClN2O2S. The molecule has 0 aliphatic carbocycles. The molecule has 2 rings (SSSR count). The summed E-state index contributed by atoms with van der Waals surface area (Å²) in [4.78, 5) is 12.0. The van der Waals surface area contributed by atoms with Gasteiger partial charge in [0.15, 0.2) is 0 Å². The van der Waals surface area contributed by atoms with Gasteiger partial charge in [0.2, 0.25) is 0 Å². The Kier molecular flexibility index (Phi) is 4.85. The number of aryl methyl sites for hydroxylation is 1. The number of hydrogen-bond donors (Lipinski definition) is 1. The molecule has 0 atom stereocenters. The monoisotopic (exact) mass is 300 g/mol. The first-order valence-corrected chi connectivity index (χ1v) is 7.43. The molecule has 0 radical (unpaired) electrons. The molecule has 0 aliphatic rings. The number of nitrogens with one attached hydrogen (secondary N) is 1. The number of carbonyl (C=O) groups is 1. The standard InChI is InChI=1S/C13H17ClN2O2S/c1-3-18-6-4-5-15-13(17)10-7-11-9(16(10)2)8-12(14)19-11/h7-8H,3-6H2,1-2H3,(H,15,17). The maximum Gasteiger partial charge on any atom is 0.267 e. The van der Waals surface area contributed by atoms with Gasteiger partial charge in [0, 0.05) is 26.8 Å². The van der Waals surface area contributed by atoms with E-state index in [9.17, 15) is 4.79 Å². The number of fused-ring (bicyclic) bond motifs is 1. The molecule has 4 nitrogen and oxygen atoms in total. The molecule has 0 spiro atoms. The zero-order valence-electron chi connectivity index (χ0n) is 11.0. The van der Waals surface area contributed by atoms with Crippen LogP contribution in [0.15, 0.2) is 12.1 Å². The highest BCUT2D eigenvalue weighted by Gasteiger charge is 2.14. The molecule has 0 saturated carbocycles. The fourth-order valence-electron chi connectivity index (χ4n) is 1.91. The first-order chi connectivity index (χ1) is 9.13. The zero-order valence-corrected chi connectivity index (χ0v) is 12.6. The maximum atomic E-state index is 12.0. The number of rotatable bonds is 6. The van der Waals surface area contributed by atoms with Crippen molar-refractivity contribution in [2.45, 2.75) is 13.3 Å². The highest BCUT2D eigenvalue weighted by Crippen LogP contribution is 2.31. The van der Waals surface area contributed by atoms with E-state index in [1.54, 1.807) is 0 Å². The van der Waals surface area contributed by atoms with Crippen molar-refractivity contribution in [2.75, 3.05) is 19.8 Å². The number of carbonyl (C=O) groups excluding carboxylic acids is 1. The highest BCUT2D eigenvalue weighted by atomic mass is 35.5. The van der Waals surface area contributed by atoms with E-state index in [-0.39, 0.29) is 5.91 Å². The highest BCUT2D eigenvalue weighted by molar-refractivity contribution is 7.22. The molecule has 1 amide bonds. The number of hydrogen-bond acceptors (Lipinski definition) is 3. The van der Waals surface area contributed by atoms with E-state index in [1.807, 2.05) is 30.7 Å². The molecule has 2 aromatic rings. The Labute approximate surface area is 121 Å². The minimum absolute atomic E-state index is 0.0569. The molecule has 19 heavy (non-hydrogen) atoms. The SMILES string of the molecule is CCOCCCNC(=O)c1cc2sc(Cl)cc2n1C. The van der Waals surface area contributed by atoms with Gasteiger partial charge >= 0.3 is 0 Å². The van der Waals surface area contributed by atoms with Gasteiger partial charge < -0.3 is 14.6 Å². The Morgan fingerprint density at radius 2 is 2.32 bits per heavy atom. The summed E-state index contributed by atoms with van der Waals surface area (Å²) in [5.74, 6) is -0.0569. The summed E-state index contributed by atoms with van der Waals surface area (Å²) < 4.78 is 8.87. The summed E-state index contributed by atoms with van der Waals surface area (Å²) in [6.07, 6.45) is 0.824. The van der Waals surface area contributed by atoms with Crippen molar-refractivity contribution in [3.63, 3.8) is 0 Å². The molecule has 0 aliphatic heterocycles. The van der Waals surface area contributed by atoms with E-state index < -0.39 is 0 Å². The van der Waals surface area contributed by atoms with E-state index in [0.29, 0.717) is 25.5 Å². The van der Waals surface area contributed by atoms with Gasteiger partial charge in [-0.15, -0.1) is 11.3 Å². The topological polar surface area (TPSA) is 43.3 Å². The van der Waals surface area contributed by atoms with Gasteiger partial charge in [0.05, 0.1) is 14.6 Å². The van der Waals surface area contributed by atoms with Gasteiger partial charge in [-0.3, -0.25) is 4.79 Å². The normalized spacial score (nSPS) is 11.1. The van der Waals surface area contributed by atoms with Crippen LogP contribution in [-0.2, 0) is 11.8 Å². The van der Waals surface area contributed by atoms with Crippen LogP contribution in [0.3, 0.4) is 0 Å². The lowest BCUT2D eigenvalue weighted by atomic mass is 10.3. The second-order valence-corrected chi connectivity index (χ2v) is 5.91. The number of thiophene rings is 1. The summed E-state index contributed by atoms with van der Waals surface area (Å²) in [6.45, 7) is 3.97. The summed E-state index contributed by atoms with van der Waals surface area (Å²) in [6, 6.07) is 3.76. The van der Waals surface area contributed by atoms with Crippen LogP contribution >= 0.6 is 22.9 Å². The quantitative estimate of drug-likeness (QED) is 0.833. The first-order valence-electron chi connectivity index (χ1n) is 6.24. The summed E-state index contributed by atoms with van der Waals surface area (Å²) >= 11 is 7.44. The van der Waals surface area contributed by atoms with Crippen molar-refractivity contribution in [1.29, 1.82) is 0 Å². The van der Waals surface area contributed by atoms with Gasteiger partial charge in [-0.2, -0.15) is 0 Å². The second kappa shape index (κ2) is 6.41. The lowest BCUT2D eigenvalue weighted by Gasteiger charge is -2.06. The van der Waals surface area contributed by atoms with Crippen molar-refractivity contribution in [3.05, 3.63) is 22.2 Å². The van der Waals surface area contributed by atoms with Crippen molar-refractivity contribution in [2.24, 2.45) is 7.05 Å². The van der Waals surface area contributed by atoms with Crippen LogP contribution in [0.25, 0.3) is 10.2 Å². The van der Waals surface area contributed by atoms with E-state index >= 15 is 0 Å². The predicted molar refractivity (Wildman–Crippen MR) is 79.2 cm³/mol. The van der Waals surface area contributed by atoms with Gasteiger partial charge in [0.1, 0.15) is 5.69 Å². The molecular weight excluding hydrogens is 284 g/mol.